The van der Waals surface area contributed by atoms with Gasteiger partial charge in [-0.2, -0.15) is 0 Å². The Balaban J connectivity index is 2.21. The standard InChI is InChI=1S/C14H10FN3O5S/c1-23-13-6-9(15)2-5-14(13)24(21,22)17-8-16-11-7-10(18(19)20)3-4-12(11)17/h2-8H,1H3. The minimum absolute atomic E-state index is 0.147. The van der Waals surface area contributed by atoms with E-state index in [0.29, 0.717) is 0 Å². The number of fused-ring (bicyclic) bond motifs is 1. The molecule has 10 heteroatoms. The number of hydrogen-bond acceptors (Lipinski definition) is 6. The largest absolute Gasteiger partial charge is 0.495 e. The molecule has 8 nitrogen and oxygen atoms in total. The molecular weight excluding hydrogens is 341 g/mol. The summed E-state index contributed by atoms with van der Waals surface area (Å²) in [6.07, 6.45) is 1.03. The highest BCUT2D eigenvalue weighted by molar-refractivity contribution is 7.90. The van der Waals surface area contributed by atoms with E-state index in [1.165, 1.54) is 25.3 Å². The maximum Gasteiger partial charge on any atom is 0.273 e. The van der Waals surface area contributed by atoms with Crippen molar-refractivity contribution in [3.63, 3.8) is 0 Å². The number of benzene rings is 2. The number of rotatable bonds is 4. The smallest absolute Gasteiger partial charge is 0.273 e. The molecular formula is C14H10FN3O5S. The van der Waals surface area contributed by atoms with Gasteiger partial charge in [-0.15, -0.1) is 0 Å². The Morgan fingerprint density at radius 1 is 1.25 bits per heavy atom. The predicted molar refractivity (Wildman–Crippen MR) is 81.9 cm³/mol. The molecule has 2 aromatic carbocycles. The van der Waals surface area contributed by atoms with E-state index in [1.807, 2.05) is 0 Å². The SMILES string of the molecule is COc1cc(F)ccc1S(=O)(=O)n1cnc2cc([N+](=O)[O-])ccc21. The Morgan fingerprint density at radius 3 is 2.67 bits per heavy atom. The molecule has 1 aromatic heterocycles. The van der Waals surface area contributed by atoms with Gasteiger partial charge < -0.3 is 4.74 Å². The van der Waals surface area contributed by atoms with Gasteiger partial charge in [0.25, 0.3) is 15.7 Å². The molecule has 1 heterocycles. The van der Waals surface area contributed by atoms with Crippen LogP contribution >= 0.6 is 0 Å². The molecule has 0 bridgehead atoms. The Kier molecular flexibility index (Phi) is 3.68. The number of hydrogen-bond donors (Lipinski definition) is 0. The van der Waals surface area contributed by atoms with Crippen LogP contribution in [0.5, 0.6) is 5.75 Å². The van der Waals surface area contributed by atoms with Crippen molar-refractivity contribution in [1.29, 1.82) is 0 Å². The zero-order chi connectivity index (χ0) is 17.5. The fraction of sp³-hybridized carbons (Fsp3) is 0.0714. The monoisotopic (exact) mass is 351 g/mol. The van der Waals surface area contributed by atoms with E-state index in [4.69, 9.17) is 4.74 Å². The quantitative estimate of drug-likeness (QED) is 0.528. The number of nitro groups is 1. The molecule has 0 atom stereocenters. The summed E-state index contributed by atoms with van der Waals surface area (Å²) >= 11 is 0. The van der Waals surface area contributed by atoms with Gasteiger partial charge in [0.2, 0.25) is 0 Å². The van der Waals surface area contributed by atoms with Crippen molar-refractivity contribution in [3.05, 3.63) is 58.7 Å². The number of non-ortho nitro benzene ring substituents is 1. The molecule has 0 aliphatic rings. The molecule has 0 aliphatic carbocycles. The van der Waals surface area contributed by atoms with Crippen molar-refractivity contribution in [2.24, 2.45) is 0 Å². The Bertz CT molecular complexity index is 1060. The van der Waals surface area contributed by atoms with Crippen molar-refractivity contribution < 1.29 is 22.5 Å². The topological polar surface area (TPSA) is 104 Å². The summed E-state index contributed by atoms with van der Waals surface area (Å²) in [5.41, 5.74) is 0.102. The molecule has 24 heavy (non-hydrogen) atoms. The molecule has 0 fully saturated rings. The van der Waals surface area contributed by atoms with Gasteiger partial charge in [-0.25, -0.2) is 21.8 Å². The highest BCUT2D eigenvalue weighted by atomic mass is 32.2. The lowest BCUT2D eigenvalue weighted by molar-refractivity contribution is -0.384. The summed E-state index contributed by atoms with van der Waals surface area (Å²) in [5.74, 6) is -0.796. The lowest BCUT2D eigenvalue weighted by Crippen LogP contribution is -2.13. The third-order valence-electron chi connectivity index (χ3n) is 3.37. The fourth-order valence-electron chi connectivity index (χ4n) is 2.24. The van der Waals surface area contributed by atoms with E-state index in [2.05, 4.69) is 4.98 Å². The highest BCUT2D eigenvalue weighted by Gasteiger charge is 2.24. The van der Waals surface area contributed by atoms with E-state index < -0.39 is 20.8 Å². The Morgan fingerprint density at radius 2 is 2.00 bits per heavy atom. The van der Waals surface area contributed by atoms with Crippen LogP contribution < -0.4 is 4.74 Å². The first-order chi connectivity index (χ1) is 11.3. The number of nitrogens with zero attached hydrogens (tertiary/aromatic N) is 3. The number of nitro benzene ring substituents is 1. The lowest BCUT2D eigenvalue weighted by atomic mass is 10.3. The van der Waals surface area contributed by atoms with Crippen LogP contribution in [0.4, 0.5) is 10.1 Å². The summed E-state index contributed by atoms with van der Waals surface area (Å²) in [6.45, 7) is 0. The predicted octanol–water partition coefficient (Wildman–Crippen LogP) is 2.33. The molecule has 0 N–H and O–H groups in total. The second kappa shape index (κ2) is 5.57. The van der Waals surface area contributed by atoms with Crippen LogP contribution in [-0.2, 0) is 10.0 Å². The first kappa shape index (κ1) is 15.9. The van der Waals surface area contributed by atoms with Gasteiger partial charge in [0.1, 0.15) is 22.8 Å². The number of ether oxygens (including phenoxy) is 1. The van der Waals surface area contributed by atoms with Gasteiger partial charge in [0.05, 0.1) is 23.1 Å². The van der Waals surface area contributed by atoms with Crippen molar-refractivity contribution in [3.8, 4) is 5.75 Å². The van der Waals surface area contributed by atoms with Crippen LogP contribution in [0.2, 0.25) is 0 Å². The number of halogens is 1. The molecule has 0 saturated heterocycles. The zero-order valence-electron chi connectivity index (χ0n) is 12.2. The third kappa shape index (κ3) is 2.46. The summed E-state index contributed by atoms with van der Waals surface area (Å²) in [6, 6.07) is 6.67. The van der Waals surface area contributed by atoms with E-state index in [1.54, 1.807) is 0 Å². The van der Waals surface area contributed by atoms with Gasteiger partial charge in [-0.3, -0.25) is 10.1 Å². The molecule has 0 spiro atoms. The second-order valence-corrected chi connectivity index (χ2v) is 6.55. The maximum absolute atomic E-state index is 13.3. The van der Waals surface area contributed by atoms with E-state index in [9.17, 15) is 22.9 Å². The molecule has 3 rings (SSSR count). The van der Waals surface area contributed by atoms with Crippen LogP contribution in [0.25, 0.3) is 11.0 Å². The van der Waals surface area contributed by atoms with Crippen molar-refractivity contribution in [2.45, 2.75) is 4.90 Å². The average Bonchev–Trinajstić information content (AvgIpc) is 2.98. The van der Waals surface area contributed by atoms with Crippen LogP contribution in [0.3, 0.4) is 0 Å². The van der Waals surface area contributed by atoms with Crippen molar-refractivity contribution >= 4 is 26.7 Å². The Labute approximate surface area is 135 Å². The molecule has 124 valence electrons. The van der Waals surface area contributed by atoms with E-state index in [0.717, 1.165) is 28.5 Å². The number of methoxy groups -OCH3 is 1. The first-order valence-corrected chi connectivity index (χ1v) is 7.99. The number of aromatic nitrogens is 2. The van der Waals surface area contributed by atoms with Gasteiger partial charge in [-0.05, 0) is 18.2 Å². The molecule has 0 aliphatic heterocycles. The van der Waals surface area contributed by atoms with Crippen LogP contribution in [0, 0.1) is 15.9 Å². The van der Waals surface area contributed by atoms with Crippen molar-refractivity contribution in [1.82, 2.24) is 8.96 Å². The molecule has 0 saturated carbocycles. The normalized spacial score (nSPS) is 11.6. The molecule has 0 amide bonds. The first-order valence-electron chi connectivity index (χ1n) is 6.55. The Hall–Kier alpha value is -3.01. The summed E-state index contributed by atoms with van der Waals surface area (Å²) < 4.78 is 44.7. The minimum Gasteiger partial charge on any atom is -0.495 e. The fourth-order valence-corrected chi connectivity index (χ4v) is 3.68. The zero-order valence-corrected chi connectivity index (χ0v) is 13.0. The lowest BCUT2D eigenvalue weighted by Gasteiger charge is -2.10. The minimum atomic E-state index is -4.12. The van der Waals surface area contributed by atoms with E-state index >= 15 is 0 Å². The van der Waals surface area contributed by atoms with E-state index in [-0.39, 0.29) is 27.4 Å². The van der Waals surface area contributed by atoms with Gasteiger partial charge in [0, 0.05) is 18.2 Å². The van der Waals surface area contributed by atoms with Crippen LogP contribution in [0.1, 0.15) is 0 Å². The van der Waals surface area contributed by atoms with Gasteiger partial charge >= 0.3 is 0 Å². The van der Waals surface area contributed by atoms with Crippen LogP contribution in [-0.4, -0.2) is 29.4 Å². The van der Waals surface area contributed by atoms with Crippen LogP contribution in [0.15, 0.2) is 47.6 Å². The third-order valence-corrected chi connectivity index (χ3v) is 5.07. The number of imidazole rings is 1. The highest BCUT2D eigenvalue weighted by Crippen LogP contribution is 2.29. The summed E-state index contributed by atoms with van der Waals surface area (Å²) in [5, 5.41) is 10.8. The molecule has 0 radical (unpaired) electrons. The van der Waals surface area contributed by atoms with Crippen molar-refractivity contribution in [2.75, 3.05) is 7.11 Å². The summed E-state index contributed by atoms with van der Waals surface area (Å²) in [7, 11) is -2.90. The molecule has 3 aromatic rings. The maximum atomic E-state index is 13.3. The molecule has 0 unspecified atom stereocenters. The second-order valence-electron chi connectivity index (χ2n) is 4.77. The van der Waals surface area contributed by atoms with Gasteiger partial charge in [0.15, 0.2) is 0 Å². The van der Waals surface area contributed by atoms with Gasteiger partial charge in [-0.1, -0.05) is 0 Å². The summed E-state index contributed by atoms with van der Waals surface area (Å²) in [4.78, 5) is 13.8. The average molecular weight is 351 g/mol.